The van der Waals surface area contributed by atoms with Crippen LogP contribution in [0.15, 0.2) is 18.2 Å². The van der Waals surface area contributed by atoms with E-state index in [4.69, 9.17) is 16.3 Å². The SMILES string of the molecule is COCCC1Cc2ccc(Cl)cc2CN1. The zero-order valence-electron chi connectivity index (χ0n) is 8.92. The van der Waals surface area contributed by atoms with E-state index in [-0.39, 0.29) is 0 Å². The summed E-state index contributed by atoms with van der Waals surface area (Å²) < 4.78 is 5.09. The number of fused-ring (bicyclic) bond motifs is 1. The Kier molecular flexibility index (Phi) is 3.62. The Labute approximate surface area is 95.6 Å². The molecule has 1 unspecified atom stereocenters. The molecule has 1 aromatic rings. The minimum Gasteiger partial charge on any atom is -0.385 e. The summed E-state index contributed by atoms with van der Waals surface area (Å²) in [6.45, 7) is 1.74. The van der Waals surface area contributed by atoms with Crippen LogP contribution in [0.4, 0.5) is 0 Å². The number of nitrogens with one attached hydrogen (secondary N) is 1. The van der Waals surface area contributed by atoms with Crippen LogP contribution >= 0.6 is 11.6 Å². The molecule has 0 aromatic heterocycles. The molecule has 1 aromatic carbocycles. The number of hydrogen-bond acceptors (Lipinski definition) is 2. The van der Waals surface area contributed by atoms with Crippen LogP contribution in [-0.4, -0.2) is 19.8 Å². The van der Waals surface area contributed by atoms with E-state index in [0.29, 0.717) is 6.04 Å². The fraction of sp³-hybridized carbons (Fsp3) is 0.500. The Morgan fingerprint density at radius 3 is 3.13 bits per heavy atom. The van der Waals surface area contributed by atoms with Crippen molar-refractivity contribution >= 4 is 11.6 Å². The quantitative estimate of drug-likeness (QED) is 0.853. The lowest BCUT2D eigenvalue weighted by atomic mass is 9.94. The molecule has 3 heteroatoms. The Balaban J connectivity index is 2.03. The first-order valence-electron chi connectivity index (χ1n) is 5.29. The van der Waals surface area contributed by atoms with E-state index in [1.165, 1.54) is 11.1 Å². The van der Waals surface area contributed by atoms with Gasteiger partial charge in [0.1, 0.15) is 0 Å². The molecule has 1 N–H and O–H groups in total. The highest BCUT2D eigenvalue weighted by atomic mass is 35.5. The van der Waals surface area contributed by atoms with Crippen LogP contribution in [0.1, 0.15) is 17.5 Å². The molecule has 2 rings (SSSR count). The second-order valence-electron chi connectivity index (χ2n) is 3.98. The van der Waals surface area contributed by atoms with Crippen molar-refractivity contribution in [3.8, 4) is 0 Å². The fourth-order valence-corrected chi connectivity index (χ4v) is 2.21. The minimum atomic E-state index is 0.540. The molecule has 0 spiro atoms. The first-order chi connectivity index (χ1) is 7.29. The Morgan fingerprint density at radius 2 is 2.33 bits per heavy atom. The topological polar surface area (TPSA) is 21.3 Å². The van der Waals surface area contributed by atoms with Gasteiger partial charge in [0.15, 0.2) is 0 Å². The molecule has 0 fully saturated rings. The largest absolute Gasteiger partial charge is 0.385 e. The van der Waals surface area contributed by atoms with Crippen molar-refractivity contribution in [2.45, 2.75) is 25.4 Å². The van der Waals surface area contributed by atoms with Gasteiger partial charge in [0.25, 0.3) is 0 Å². The van der Waals surface area contributed by atoms with Gasteiger partial charge in [-0.1, -0.05) is 17.7 Å². The minimum absolute atomic E-state index is 0.540. The summed E-state index contributed by atoms with van der Waals surface area (Å²) >= 11 is 5.95. The summed E-state index contributed by atoms with van der Waals surface area (Å²) in [5.41, 5.74) is 2.75. The number of rotatable bonds is 3. The third kappa shape index (κ3) is 2.71. The van der Waals surface area contributed by atoms with E-state index < -0.39 is 0 Å². The van der Waals surface area contributed by atoms with E-state index in [1.54, 1.807) is 7.11 Å². The van der Waals surface area contributed by atoms with Crippen LogP contribution in [0.2, 0.25) is 5.02 Å². The number of benzene rings is 1. The highest BCUT2D eigenvalue weighted by Crippen LogP contribution is 2.21. The monoisotopic (exact) mass is 225 g/mol. The third-order valence-corrected chi connectivity index (χ3v) is 3.12. The number of halogens is 1. The molecule has 0 saturated heterocycles. The summed E-state index contributed by atoms with van der Waals surface area (Å²) in [6.07, 6.45) is 2.15. The summed E-state index contributed by atoms with van der Waals surface area (Å²) in [4.78, 5) is 0. The maximum absolute atomic E-state index is 5.95. The zero-order chi connectivity index (χ0) is 10.7. The van der Waals surface area contributed by atoms with Crippen molar-refractivity contribution < 1.29 is 4.74 Å². The fourth-order valence-electron chi connectivity index (χ4n) is 2.01. The van der Waals surface area contributed by atoms with Crippen molar-refractivity contribution in [1.82, 2.24) is 5.32 Å². The summed E-state index contributed by atoms with van der Waals surface area (Å²) in [5.74, 6) is 0. The molecule has 1 aliphatic heterocycles. The molecule has 82 valence electrons. The molecule has 15 heavy (non-hydrogen) atoms. The van der Waals surface area contributed by atoms with Gasteiger partial charge in [0, 0.05) is 31.3 Å². The van der Waals surface area contributed by atoms with E-state index in [1.807, 2.05) is 6.07 Å². The van der Waals surface area contributed by atoms with Crippen LogP contribution in [0.3, 0.4) is 0 Å². The average molecular weight is 226 g/mol. The first kappa shape index (κ1) is 10.9. The third-order valence-electron chi connectivity index (χ3n) is 2.89. The molecule has 1 heterocycles. The summed E-state index contributed by atoms with van der Waals surface area (Å²) in [5, 5.41) is 4.32. The average Bonchev–Trinajstić information content (AvgIpc) is 2.26. The summed E-state index contributed by atoms with van der Waals surface area (Å²) in [6, 6.07) is 6.70. The molecule has 0 bridgehead atoms. The second kappa shape index (κ2) is 4.97. The van der Waals surface area contributed by atoms with Gasteiger partial charge in [0.2, 0.25) is 0 Å². The van der Waals surface area contributed by atoms with Gasteiger partial charge in [-0.15, -0.1) is 0 Å². The predicted molar refractivity (Wildman–Crippen MR) is 62.3 cm³/mol. The van der Waals surface area contributed by atoms with Gasteiger partial charge >= 0.3 is 0 Å². The molecule has 2 nitrogen and oxygen atoms in total. The van der Waals surface area contributed by atoms with Crippen molar-refractivity contribution in [3.05, 3.63) is 34.3 Å². The first-order valence-corrected chi connectivity index (χ1v) is 5.67. The molecule has 1 atom stereocenters. The van der Waals surface area contributed by atoms with Gasteiger partial charge in [0.05, 0.1) is 0 Å². The predicted octanol–water partition coefficient (Wildman–Crippen LogP) is 2.39. The molecule has 0 amide bonds. The molecule has 0 saturated carbocycles. The Bertz CT molecular complexity index is 340. The summed E-state index contributed by atoms with van der Waals surface area (Å²) in [7, 11) is 1.75. The highest BCUT2D eigenvalue weighted by molar-refractivity contribution is 6.30. The molecule has 0 radical (unpaired) electrons. The molecular formula is C12H16ClNO. The number of ether oxygens (including phenoxy) is 1. The van der Waals surface area contributed by atoms with Gasteiger partial charge in [-0.2, -0.15) is 0 Å². The lowest BCUT2D eigenvalue weighted by molar-refractivity contribution is 0.181. The molecule has 0 aliphatic carbocycles. The lowest BCUT2D eigenvalue weighted by Gasteiger charge is -2.26. The highest BCUT2D eigenvalue weighted by Gasteiger charge is 2.17. The second-order valence-corrected chi connectivity index (χ2v) is 4.41. The lowest BCUT2D eigenvalue weighted by Crippen LogP contribution is -2.36. The van der Waals surface area contributed by atoms with E-state index in [0.717, 1.165) is 31.0 Å². The van der Waals surface area contributed by atoms with Crippen LogP contribution in [-0.2, 0) is 17.7 Å². The van der Waals surface area contributed by atoms with Crippen LogP contribution < -0.4 is 5.32 Å². The normalized spacial score (nSPS) is 20.0. The number of methoxy groups -OCH3 is 1. The maximum Gasteiger partial charge on any atom is 0.0477 e. The standard InChI is InChI=1S/C12H16ClNO/c1-15-5-4-12-7-9-2-3-11(13)6-10(9)8-14-12/h2-3,6,12,14H,4-5,7-8H2,1H3. The van der Waals surface area contributed by atoms with Crippen LogP contribution in [0.25, 0.3) is 0 Å². The van der Waals surface area contributed by atoms with Crippen molar-refractivity contribution in [2.24, 2.45) is 0 Å². The van der Waals surface area contributed by atoms with Gasteiger partial charge in [-0.05, 0) is 36.1 Å². The Morgan fingerprint density at radius 1 is 1.47 bits per heavy atom. The van der Waals surface area contributed by atoms with E-state index >= 15 is 0 Å². The van der Waals surface area contributed by atoms with Gasteiger partial charge in [-0.3, -0.25) is 0 Å². The number of hydrogen-bond donors (Lipinski definition) is 1. The van der Waals surface area contributed by atoms with Gasteiger partial charge < -0.3 is 10.1 Å². The van der Waals surface area contributed by atoms with E-state index in [9.17, 15) is 0 Å². The van der Waals surface area contributed by atoms with E-state index in [2.05, 4.69) is 17.4 Å². The molecular weight excluding hydrogens is 210 g/mol. The molecule has 1 aliphatic rings. The van der Waals surface area contributed by atoms with Crippen molar-refractivity contribution in [2.75, 3.05) is 13.7 Å². The van der Waals surface area contributed by atoms with Crippen LogP contribution in [0.5, 0.6) is 0 Å². The van der Waals surface area contributed by atoms with Gasteiger partial charge in [-0.25, -0.2) is 0 Å². The van der Waals surface area contributed by atoms with Crippen molar-refractivity contribution in [1.29, 1.82) is 0 Å². The maximum atomic E-state index is 5.95. The smallest absolute Gasteiger partial charge is 0.0477 e. The Hall–Kier alpha value is -0.570. The van der Waals surface area contributed by atoms with Crippen LogP contribution in [0, 0.1) is 0 Å². The van der Waals surface area contributed by atoms with Crippen molar-refractivity contribution in [3.63, 3.8) is 0 Å². The zero-order valence-corrected chi connectivity index (χ0v) is 9.68.